The van der Waals surface area contributed by atoms with E-state index in [0.717, 1.165) is 12.8 Å². The maximum Gasteiger partial charge on any atom is 0.328 e. The lowest BCUT2D eigenvalue weighted by Gasteiger charge is -2.09. The third kappa shape index (κ3) is 17.3. The Kier molecular flexibility index (Phi) is 19.3. The molecule has 32 heavy (non-hydrogen) atoms. The summed E-state index contributed by atoms with van der Waals surface area (Å²) in [6, 6.07) is -0.410. The minimum Gasteiger partial charge on any atom is -0.464 e. The third-order valence-corrected chi connectivity index (χ3v) is 6.43. The van der Waals surface area contributed by atoms with E-state index in [1.54, 1.807) is 0 Å². The number of rotatable bonds is 22. The Morgan fingerprint density at radius 3 is 1.72 bits per heavy atom. The van der Waals surface area contributed by atoms with Gasteiger partial charge in [0.15, 0.2) is 0 Å². The third-order valence-electron chi connectivity index (χ3n) is 6.43. The van der Waals surface area contributed by atoms with Crippen LogP contribution in [0.3, 0.4) is 0 Å². The van der Waals surface area contributed by atoms with E-state index in [4.69, 9.17) is 4.74 Å². The van der Waals surface area contributed by atoms with Crippen molar-refractivity contribution >= 4 is 11.9 Å². The van der Waals surface area contributed by atoms with E-state index in [9.17, 15) is 9.59 Å². The largest absolute Gasteiger partial charge is 0.464 e. The number of amides is 1. The van der Waals surface area contributed by atoms with Crippen LogP contribution in [0.5, 0.6) is 0 Å². The molecule has 0 aliphatic carbocycles. The van der Waals surface area contributed by atoms with Gasteiger partial charge in [0.05, 0.1) is 6.61 Å². The predicted molar refractivity (Wildman–Crippen MR) is 135 cm³/mol. The quantitative estimate of drug-likeness (QED) is 0.104. The van der Waals surface area contributed by atoms with Crippen LogP contribution >= 0.6 is 0 Å². The number of unbranched alkanes of at least 4 members (excludes halogenated alkanes) is 17. The zero-order valence-electron chi connectivity index (χ0n) is 21.0. The lowest BCUT2D eigenvalue weighted by molar-refractivity contribution is -0.146. The van der Waals surface area contributed by atoms with Crippen LogP contribution in [0.15, 0.2) is 12.2 Å². The lowest BCUT2D eigenvalue weighted by Crippen LogP contribution is -2.34. The number of nitrogens with one attached hydrogen (secondary N) is 1. The number of hydrogen-bond donors (Lipinski definition) is 1. The van der Waals surface area contributed by atoms with E-state index in [1.165, 1.54) is 109 Å². The molecule has 1 aliphatic heterocycles. The molecule has 0 spiro atoms. The van der Waals surface area contributed by atoms with Gasteiger partial charge in [-0.05, 0) is 38.5 Å². The topological polar surface area (TPSA) is 55.4 Å². The fourth-order valence-corrected chi connectivity index (χ4v) is 4.30. The number of carbonyl (C=O) groups is 2. The molecule has 186 valence electrons. The zero-order valence-corrected chi connectivity index (χ0v) is 21.0. The number of allylic oxidation sites excluding steroid dienone is 2. The van der Waals surface area contributed by atoms with Crippen molar-refractivity contribution in [1.29, 1.82) is 0 Å². The van der Waals surface area contributed by atoms with Gasteiger partial charge in [0.25, 0.3) is 0 Å². The van der Waals surface area contributed by atoms with Gasteiger partial charge >= 0.3 is 5.97 Å². The minimum absolute atomic E-state index is 0.0444. The first-order valence-corrected chi connectivity index (χ1v) is 13.8. The Morgan fingerprint density at radius 1 is 0.781 bits per heavy atom. The van der Waals surface area contributed by atoms with Gasteiger partial charge in [-0.15, -0.1) is 0 Å². The van der Waals surface area contributed by atoms with Crippen molar-refractivity contribution < 1.29 is 14.3 Å². The smallest absolute Gasteiger partial charge is 0.328 e. The number of ether oxygens (including phenoxy) is 1. The summed E-state index contributed by atoms with van der Waals surface area (Å²) < 4.78 is 5.25. The first kappa shape index (κ1) is 28.7. The molecule has 1 N–H and O–H groups in total. The van der Waals surface area contributed by atoms with Gasteiger partial charge in [-0.2, -0.15) is 0 Å². The summed E-state index contributed by atoms with van der Waals surface area (Å²) in [4.78, 5) is 22.9. The summed E-state index contributed by atoms with van der Waals surface area (Å²) in [5.74, 6) is -0.310. The number of carbonyl (C=O) groups excluding carboxylic acids is 2. The molecule has 1 heterocycles. The molecule has 0 radical (unpaired) electrons. The highest BCUT2D eigenvalue weighted by molar-refractivity contribution is 5.87. The van der Waals surface area contributed by atoms with Crippen LogP contribution in [0.25, 0.3) is 0 Å². The highest BCUT2D eigenvalue weighted by Crippen LogP contribution is 2.13. The van der Waals surface area contributed by atoms with Crippen LogP contribution in [0.2, 0.25) is 0 Å². The van der Waals surface area contributed by atoms with Crippen LogP contribution in [-0.4, -0.2) is 24.5 Å². The highest BCUT2D eigenvalue weighted by Gasteiger charge is 2.28. The van der Waals surface area contributed by atoms with E-state index < -0.39 is 6.04 Å². The van der Waals surface area contributed by atoms with Crippen molar-refractivity contribution in [1.82, 2.24) is 5.32 Å². The Balaban J connectivity index is 1.72. The van der Waals surface area contributed by atoms with Gasteiger partial charge in [-0.25, -0.2) is 4.79 Å². The molecule has 0 aromatic rings. The van der Waals surface area contributed by atoms with E-state index in [-0.39, 0.29) is 11.9 Å². The fourth-order valence-electron chi connectivity index (χ4n) is 4.30. The van der Waals surface area contributed by atoms with Crippen molar-refractivity contribution in [2.24, 2.45) is 0 Å². The van der Waals surface area contributed by atoms with Gasteiger partial charge in [0.1, 0.15) is 6.04 Å². The Labute approximate surface area is 198 Å². The summed E-state index contributed by atoms with van der Waals surface area (Å²) in [5, 5.41) is 2.65. The van der Waals surface area contributed by atoms with Crippen LogP contribution in [0.4, 0.5) is 0 Å². The SMILES string of the molecule is CCCCCCCCCCC/C=C/CCCCCCCCCCOC(=O)[C@@H]1CCC(=O)N1. The van der Waals surface area contributed by atoms with Gasteiger partial charge in [0.2, 0.25) is 5.91 Å². The van der Waals surface area contributed by atoms with Crippen molar-refractivity contribution in [2.75, 3.05) is 6.61 Å². The summed E-state index contributed by atoms with van der Waals surface area (Å²) in [7, 11) is 0. The van der Waals surface area contributed by atoms with Gasteiger partial charge < -0.3 is 10.1 Å². The van der Waals surface area contributed by atoms with Crippen LogP contribution in [0, 0.1) is 0 Å². The van der Waals surface area contributed by atoms with Crippen molar-refractivity contribution in [3.63, 3.8) is 0 Å². The minimum atomic E-state index is -0.410. The second-order valence-electron chi connectivity index (χ2n) is 9.53. The molecule has 1 rings (SSSR count). The standard InChI is InChI=1S/C28H51NO3/c1-2-3-4-5-6-7-8-9-10-11-12-13-14-15-16-17-18-19-20-21-22-25-32-28(31)26-23-24-27(30)29-26/h12-13,26H,2-11,14-25H2,1H3,(H,29,30)/b13-12+/t26-/m0/s1. The molecule has 0 saturated carbocycles. The molecule has 0 aromatic heterocycles. The molecule has 4 nitrogen and oxygen atoms in total. The molecule has 1 aliphatic rings. The number of hydrogen-bond acceptors (Lipinski definition) is 3. The lowest BCUT2D eigenvalue weighted by atomic mass is 10.1. The predicted octanol–water partition coefficient (Wildman–Crippen LogP) is 7.80. The molecular formula is C28H51NO3. The summed E-state index contributed by atoms with van der Waals surface area (Å²) in [6.07, 6.45) is 30.9. The monoisotopic (exact) mass is 449 g/mol. The molecule has 0 aromatic carbocycles. The van der Waals surface area contributed by atoms with Crippen LogP contribution < -0.4 is 5.32 Å². The Hall–Kier alpha value is -1.32. The molecule has 1 atom stereocenters. The van der Waals surface area contributed by atoms with Crippen molar-refractivity contribution in [3.05, 3.63) is 12.2 Å². The fraction of sp³-hybridized carbons (Fsp3) is 0.857. The average molecular weight is 450 g/mol. The van der Waals surface area contributed by atoms with Crippen molar-refractivity contribution in [2.45, 2.75) is 148 Å². The van der Waals surface area contributed by atoms with Crippen LogP contribution in [0.1, 0.15) is 142 Å². The van der Waals surface area contributed by atoms with Gasteiger partial charge in [-0.3, -0.25) is 4.79 Å². The molecule has 1 amide bonds. The van der Waals surface area contributed by atoms with E-state index in [1.807, 2.05) is 0 Å². The molecule has 0 unspecified atom stereocenters. The second-order valence-corrected chi connectivity index (χ2v) is 9.53. The molecular weight excluding hydrogens is 398 g/mol. The normalized spacial score (nSPS) is 16.0. The molecule has 0 bridgehead atoms. The van der Waals surface area contributed by atoms with E-state index in [0.29, 0.717) is 19.4 Å². The second kappa shape index (κ2) is 21.5. The van der Waals surface area contributed by atoms with Crippen LogP contribution in [-0.2, 0) is 14.3 Å². The molecule has 4 heteroatoms. The maximum absolute atomic E-state index is 11.8. The highest BCUT2D eigenvalue weighted by atomic mass is 16.5. The summed E-state index contributed by atoms with van der Waals surface area (Å²) >= 11 is 0. The number of esters is 1. The zero-order chi connectivity index (χ0) is 23.1. The van der Waals surface area contributed by atoms with E-state index in [2.05, 4.69) is 24.4 Å². The first-order chi connectivity index (χ1) is 15.7. The first-order valence-electron chi connectivity index (χ1n) is 13.8. The molecule has 1 fully saturated rings. The Morgan fingerprint density at radius 2 is 1.25 bits per heavy atom. The van der Waals surface area contributed by atoms with Gasteiger partial charge in [0, 0.05) is 6.42 Å². The Bertz CT molecular complexity index is 489. The molecule has 1 saturated heterocycles. The summed E-state index contributed by atoms with van der Waals surface area (Å²) in [6.45, 7) is 2.76. The van der Waals surface area contributed by atoms with Crippen molar-refractivity contribution in [3.8, 4) is 0 Å². The van der Waals surface area contributed by atoms with Gasteiger partial charge in [-0.1, -0.05) is 109 Å². The van der Waals surface area contributed by atoms with E-state index >= 15 is 0 Å². The average Bonchev–Trinajstić information content (AvgIpc) is 3.23. The summed E-state index contributed by atoms with van der Waals surface area (Å²) in [5.41, 5.74) is 0. The maximum atomic E-state index is 11.8.